The second kappa shape index (κ2) is 6.61. The van der Waals surface area contributed by atoms with Crippen LogP contribution in [0.2, 0.25) is 0 Å². The number of anilines is 2. The van der Waals surface area contributed by atoms with Crippen molar-refractivity contribution in [1.82, 2.24) is 9.97 Å². The van der Waals surface area contributed by atoms with E-state index in [0.29, 0.717) is 6.04 Å². The summed E-state index contributed by atoms with van der Waals surface area (Å²) in [5.41, 5.74) is 7.97. The summed E-state index contributed by atoms with van der Waals surface area (Å²) in [6, 6.07) is 10.3. The van der Waals surface area contributed by atoms with E-state index < -0.39 is 0 Å². The predicted octanol–water partition coefficient (Wildman–Crippen LogP) is 3.20. The Kier molecular flexibility index (Phi) is 4.84. The first kappa shape index (κ1) is 14.7. The molecule has 1 aromatic heterocycles. The molecule has 0 unspecified atom stereocenters. The minimum absolute atomic E-state index is 0.333. The molecule has 2 N–H and O–H groups in total. The van der Waals surface area contributed by atoms with Crippen molar-refractivity contribution in [3.05, 3.63) is 42.2 Å². The maximum atomic E-state index is 6.04. The molecule has 0 saturated heterocycles. The van der Waals surface area contributed by atoms with Gasteiger partial charge in [-0.05, 0) is 31.7 Å². The number of hydrogen-bond donors (Lipinski definition) is 1. The Labute approximate surface area is 124 Å². The van der Waals surface area contributed by atoms with Crippen molar-refractivity contribution in [3.63, 3.8) is 0 Å². The molecule has 0 amide bonds. The summed E-state index contributed by atoms with van der Waals surface area (Å²) in [5, 5.41) is 0.974. The van der Waals surface area contributed by atoms with E-state index in [4.69, 9.17) is 5.73 Å². The third-order valence-corrected chi connectivity index (χ3v) is 3.79. The molecule has 0 aliphatic heterocycles. The Bertz CT molecular complexity index is 571. The number of hydrogen-bond acceptors (Lipinski definition) is 5. The van der Waals surface area contributed by atoms with Gasteiger partial charge in [-0.25, -0.2) is 9.97 Å². The first-order chi connectivity index (χ1) is 9.61. The molecule has 1 heterocycles. The lowest BCUT2D eigenvalue weighted by molar-refractivity contribution is 0.670. The molecule has 0 spiro atoms. The lowest BCUT2D eigenvalue weighted by atomic mass is 10.1. The van der Waals surface area contributed by atoms with Gasteiger partial charge in [0.15, 0.2) is 0 Å². The summed E-state index contributed by atoms with van der Waals surface area (Å²) in [4.78, 5) is 10.8. The van der Waals surface area contributed by atoms with E-state index in [9.17, 15) is 0 Å². The zero-order chi connectivity index (χ0) is 14.5. The Hall–Kier alpha value is -1.75. The molecular weight excluding hydrogens is 268 g/mol. The van der Waals surface area contributed by atoms with Crippen molar-refractivity contribution in [2.75, 3.05) is 16.9 Å². The standard InChI is InChI=1S/C15H20N4S/c1-11(2)19(9-12-6-4-5-7-13(12)16)14-8-15(20-3)18-10-17-14/h4-8,10-11H,9,16H2,1-3H3. The van der Waals surface area contributed by atoms with Crippen LogP contribution >= 0.6 is 11.8 Å². The number of aromatic nitrogens is 2. The van der Waals surface area contributed by atoms with Crippen LogP contribution in [0, 0.1) is 0 Å². The zero-order valence-electron chi connectivity index (χ0n) is 12.1. The maximum absolute atomic E-state index is 6.04. The molecule has 2 aromatic rings. The molecule has 0 radical (unpaired) electrons. The van der Waals surface area contributed by atoms with Gasteiger partial charge >= 0.3 is 0 Å². The van der Waals surface area contributed by atoms with Crippen LogP contribution in [0.15, 0.2) is 41.7 Å². The molecule has 0 fully saturated rings. The van der Waals surface area contributed by atoms with Crippen LogP contribution in [-0.2, 0) is 6.54 Å². The second-order valence-electron chi connectivity index (χ2n) is 4.84. The van der Waals surface area contributed by atoms with E-state index in [0.717, 1.165) is 28.6 Å². The first-order valence-electron chi connectivity index (χ1n) is 6.58. The largest absolute Gasteiger partial charge is 0.398 e. The number of thioether (sulfide) groups is 1. The smallest absolute Gasteiger partial charge is 0.133 e. The Morgan fingerprint density at radius 3 is 2.65 bits per heavy atom. The van der Waals surface area contributed by atoms with E-state index >= 15 is 0 Å². The molecule has 0 saturated carbocycles. The van der Waals surface area contributed by atoms with E-state index in [1.165, 1.54) is 0 Å². The minimum Gasteiger partial charge on any atom is -0.398 e. The van der Waals surface area contributed by atoms with Crippen LogP contribution in [0.1, 0.15) is 19.4 Å². The van der Waals surface area contributed by atoms with Crippen molar-refractivity contribution in [2.45, 2.75) is 31.5 Å². The molecule has 0 aliphatic carbocycles. The molecule has 0 bridgehead atoms. The summed E-state index contributed by atoms with van der Waals surface area (Å²) in [7, 11) is 0. The molecule has 4 nitrogen and oxygen atoms in total. The van der Waals surface area contributed by atoms with Gasteiger partial charge in [-0.1, -0.05) is 18.2 Å². The van der Waals surface area contributed by atoms with Crippen LogP contribution in [0.25, 0.3) is 0 Å². The first-order valence-corrected chi connectivity index (χ1v) is 7.80. The summed E-state index contributed by atoms with van der Waals surface area (Å²) < 4.78 is 0. The van der Waals surface area contributed by atoms with Crippen molar-refractivity contribution >= 4 is 23.3 Å². The van der Waals surface area contributed by atoms with E-state index in [1.807, 2.05) is 30.5 Å². The molecule has 0 atom stereocenters. The van der Waals surface area contributed by atoms with Gasteiger partial charge in [0.1, 0.15) is 17.2 Å². The number of rotatable bonds is 5. The highest BCUT2D eigenvalue weighted by molar-refractivity contribution is 7.98. The summed E-state index contributed by atoms with van der Waals surface area (Å²) >= 11 is 1.62. The molecule has 5 heteroatoms. The average Bonchev–Trinajstić information content (AvgIpc) is 2.46. The van der Waals surface area contributed by atoms with Crippen LogP contribution < -0.4 is 10.6 Å². The van der Waals surface area contributed by atoms with Crippen molar-refractivity contribution in [1.29, 1.82) is 0 Å². The SMILES string of the molecule is CSc1cc(N(Cc2ccccc2N)C(C)C)ncn1. The summed E-state index contributed by atoms with van der Waals surface area (Å²) in [6.07, 6.45) is 3.63. The highest BCUT2D eigenvalue weighted by Gasteiger charge is 2.14. The molecule has 1 aromatic carbocycles. The lowest BCUT2D eigenvalue weighted by Gasteiger charge is -2.28. The lowest BCUT2D eigenvalue weighted by Crippen LogP contribution is -2.31. The number of benzene rings is 1. The monoisotopic (exact) mass is 288 g/mol. The number of nitrogen functional groups attached to an aromatic ring is 1. The molecule has 2 rings (SSSR count). The van der Waals surface area contributed by atoms with Crippen LogP contribution in [-0.4, -0.2) is 22.3 Å². The van der Waals surface area contributed by atoms with Gasteiger partial charge in [0.05, 0.1) is 0 Å². The zero-order valence-corrected chi connectivity index (χ0v) is 12.9. The molecular formula is C15H20N4S. The summed E-state index contributed by atoms with van der Waals surface area (Å²) in [6.45, 7) is 5.05. The molecule has 106 valence electrons. The molecule has 0 aliphatic rings. The van der Waals surface area contributed by atoms with E-state index in [2.05, 4.69) is 34.8 Å². The molecule has 20 heavy (non-hydrogen) atoms. The normalized spacial score (nSPS) is 10.8. The van der Waals surface area contributed by atoms with Gasteiger partial charge in [-0.3, -0.25) is 0 Å². The van der Waals surface area contributed by atoms with Crippen molar-refractivity contribution in [3.8, 4) is 0 Å². The quantitative estimate of drug-likeness (QED) is 0.520. The Morgan fingerprint density at radius 2 is 2.00 bits per heavy atom. The highest BCUT2D eigenvalue weighted by Crippen LogP contribution is 2.23. The fraction of sp³-hybridized carbons (Fsp3) is 0.333. The fourth-order valence-electron chi connectivity index (χ4n) is 1.99. The van der Waals surface area contributed by atoms with Crippen LogP contribution in [0.3, 0.4) is 0 Å². The van der Waals surface area contributed by atoms with Crippen molar-refractivity contribution < 1.29 is 0 Å². The van der Waals surface area contributed by atoms with Gasteiger partial charge in [0.2, 0.25) is 0 Å². The van der Waals surface area contributed by atoms with Crippen LogP contribution in [0.5, 0.6) is 0 Å². The van der Waals surface area contributed by atoms with Gasteiger partial charge in [0.25, 0.3) is 0 Å². The average molecular weight is 288 g/mol. The Balaban J connectivity index is 2.29. The Morgan fingerprint density at radius 1 is 1.25 bits per heavy atom. The summed E-state index contributed by atoms with van der Waals surface area (Å²) in [5.74, 6) is 0.933. The number of nitrogens with two attached hydrogens (primary N) is 1. The van der Waals surface area contributed by atoms with Crippen LogP contribution in [0.4, 0.5) is 11.5 Å². The number of para-hydroxylation sites is 1. The topological polar surface area (TPSA) is 55.0 Å². The van der Waals surface area contributed by atoms with Crippen molar-refractivity contribution in [2.24, 2.45) is 0 Å². The number of nitrogens with zero attached hydrogens (tertiary/aromatic N) is 3. The third kappa shape index (κ3) is 3.42. The maximum Gasteiger partial charge on any atom is 0.133 e. The second-order valence-corrected chi connectivity index (χ2v) is 5.67. The van der Waals surface area contributed by atoms with Gasteiger partial charge in [-0.15, -0.1) is 11.8 Å². The van der Waals surface area contributed by atoms with Gasteiger partial charge in [-0.2, -0.15) is 0 Å². The minimum atomic E-state index is 0.333. The highest BCUT2D eigenvalue weighted by atomic mass is 32.2. The van der Waals surface area contributed by atoms with Gasteiger partial charge in [0, 0.05) is 24.3 Å². The van der Waals surface area contributed by atoms with E-state index in [1.54, 1.807) is 18.1 Å². The third-order valence-electron chi connectivity index (χ3n) is 3.15. The van der Waals surface area contributed by atoms with Gasteiger partial charge < -0.3 is 10.6 Å². The van der Waals surface area contributed by atoms with E-state index in [-0.39, 0.29) is 0 Å². The fourth-order valence-corrected chi connectivity index (χ4v) is 2.36. The predicted molar refractivity (Wildman–Crippen MR) is 86.0 cm³/mol.